The van der Waals surface area contributed by atoms with Crippen molar-refractivity contribution in [3.63, 3.8) is 0 Å². The van der Waals surface area contributed by atoms with Crippen molar-refractivity contribution in [1.82, 2.24) is 0 Å². The maximum absolute atomic E-state index is 8.17. The predicted octanol–water partition coefficient (Wildman–Crippen LogP) is 1.29. The number of nitrogen functional groups attached to an aromatic ring is 1. The van der Waals surface area contributed by atoms with Crippen LogP contribution in [-0.4, -0.2) is 17.5 Å². The van der Waals surface area contributed by atoms with E-state index in [4.69, 9.17) is 11.3 Å². The van der Waals surface area contributed by atoms with E-state index in [1.54, 1.807) is 0 Å². The smallest absolute Gasteiger partial charge is 0.276 e. The van der Waals surface area contributed by atoms with Gasteiger partial charge in [0, 0.05) is 11.4 Å². The number of nitrogens with zero attached hydrogens (tertiary/aromatic N) is 2. The lowest BCUT2D eigenvalue weighted by atomic mass is 10.2. The molecule has 3 N–H and O–H groups in total. The Balaban J connectivity index is 2.71. The molecule has 0 heterocycles. The fourth-order valence-corrected chi connectivity index (χ4v) is 1.08. The molecule has 1 rings (SSSR count). The zero-order valence-electron chi connectivity index (χ0n) is 7.49. The van der Waals surface area contributed by atoms with Crippen LogP contribution in [0.2, 0.25) is 0 Å². The highest BCUT2D eigenvalue weighted by Crippen LogP contribution is 2.16. The summed E-state index contributed by atoms with van der Waals surface area (Å²) in [5.41, 5.74) is 16.6. The van der Waals surface area contributed by atoms with Crippen molar-refractivity contribution in [2.24, 2.45) is 0 Å². The molecular formula is C9H12N4. The average Bonchev–Trinajstić information content (AvgIpc) is 2.09. The number of nitrogens with one attached hydrogen (secondary N) is 1. The summed E-state index contributed by atoms with van der Waals surface area (Å²) in [5.74, 6) is 0. The third-order valence-corrected chi connectivity index (χ3v) is 1.72. The maximum Gasteiger partial charge on any atom is 0.276 e. The van der Waals surface area contributed by atoms with E-state index in [0.717, 1.165) is 16.9 Å². The minimum atomic E-state index is 0.501. The van der Waals surface area contributed by atoms with E-state index < -0.39 is 0 Å². The van der Waals surface area contributed by atoms with Gasteiger partial charge in [0.05, 0.1) is 0 Å². The number of benzene rings is 1. The van der Waals surface area contributed by atoms with Crippen molar-refractivity contribution in [2.45, 2.75) is 6.92 Å². The minimum absolute atomic E-state index is 0.501. The Morgan fingerprint density at radius 2 is 2.38 bits per heavy atom. The fraction of sp³-hybridized carbons (Fsp3) is 0.222. The van der Waals surface area contributed by atoms with Crippen LogP contribution in [0.1, 0.15) is 5.56 Å². The van der Waals surface area contributed by atoms with E-state index in [1.165, 1.54) is 6.21 Å². The largest absolute Gasteiger partial charge is 0.399 e. The second-order valence-electron chi connectivity index (χ2n) is 2.75. The molecule has 0 radical (unpaired) electrons. The van der Waals surface area contributed by atoms with Gasteiger partial charge in [0.15, 0.2) is 0 Å². The molecule has 0 amide bonds. The Labute approximate surface area is 77.0 Å². The van der Waals surface area contributed by atoms with Gasteiger partial charge in [0.1, 0.15) is 6.54 Å². The Morgan fingerprint density at radius 1 is 1.62 bits per heavy atom. The van der Waals surface area contributed by atoms with Crippen molar-refractivity contribution >= 4 is 17.6 Å². The lowest BCUT2D eigenvalue weighted by Crippen LogP contribution is -2.04. The predicted molar refractivity (Wildman–Crippen MR) is 53.8 cm³/mol. The van der Waals surface area contributed by atoms with Crippen LogP contribution in [0.4, 0.5) is 11.4 Å². The standard InChI is InChI=1S/C9H12N4/c1-7-6-8(10)2-3-9(7)12-4-5-13-11/h2-3,5-6,12H,4,10H2,1H3. The van der Waals surface area contributed by atoms with Crippen molar-refractivity contribution < 1.29 is 4.79 Å². The van der Waals surface area contributed by atoms with Crippen LogP contribution in [0.5, 0.6) is 0 Å². The summed E-state index contributed by atoms with van der Waals surface area (Å²) in [6, 6.07) is 5.61. The van der Waals surface area contributed by atoms with Crippen LogP contribution in [0, 0.1) is 6.92 Å². The van der Waals surface area contributed by atoms with Gasteiger partial charge in [-0.1, -0.05) is 0 Å². The summed E-state index contributed by atoms with van der Waals surface area (Å²) in [6.07, 6.45) is 1.38. The lowest BCUT2D eigenvalue weighted by molar-refractivity contribution is 0.00252. The van der Waals surface area contributed by atoms with Crippen LogP contribution < -0.4 is 11.1 Å². The molecule has 0 bridgehead atoms. The molecule has 0 fully saturated rings. The molecule has 68 valence electrons. The molecule has 0 saturated carbocycles. The number of hydrogen-bond donors (Lipinski definition) is 2. The summed E-state index contributed by atoms with van der Waals surface area (Å²) in [5, 5.41) is 3.08. The maximum atomic E-state index is 8.17. The monoisotopic (exact) mass is 176 g/mol. The van der Waals surface area contributed by atoms with E-state index in [9.17, 15) is 0 Å². The zero-order chi connectivity index (χ0) is 9.68. The van der Waals surface area contributed by atoms with Gasteiger partial charge in [-0.2, -0.15) is 4.79 Å². The topological polar surface area (TPSA) is 74.5 Å². The Morgan fingerprint density at radius 3 is 3.00 bits per heavy atom. The summed E-state index contributed by atoms with van der Waals surface area (Å²) >= 11 is 0. The van der Waals surface area contributed by atoms with E-state index in [1.807, 2.05) is 25.1 Å². The first-order valence-corrected chi connectivity index (χ1v) is 4.00. The SMILES string of the molecule is Cc1cc(N)ccc1NCC=[N+]=[N-]. The van der Waals surface area contributed by atoms with Crippen molar-refractivity contribution in [3.8, 4) is 0 Å². The van der Waals surface area contributed by atoms with Gasteiger partial charge in [-0.3, -0.25) is 0 Å². The van der Waals surface area contributed by atoms with Crippen LogP contribution >= 0.6 is 0 Å². The number of hydrogen-bond acceptors (Lipinski definition) is 2. The zero-order valence-corrected chi connectivity index (χ0v) is 7.49. The van der Waals surface area contributed by atoms with Crippen LogP contribution in [0.25, 0.3) is 5.53 Å². The molecule has 0 aliphatic heterocycles. The molecule has 1 aromatic rings. The fourth-order valence-electron chi connectivity index (χ4n) is 1.08. The summed E-state index contributed by atoms with van der Waals surface area (Å²) in [7, 11) is 0. The summed E-state index contributed by atoms with van der Waals surface area (Å²) in [6.45, 7) is 2.47. The number of anilines is 2. The highest BCUT2D eigenvalue weighted by Gasteiger charge is 1.96. The van der Waals surface area contributed by atoms with Gasteiger partial charge < -0.3 is 16.6 Å². The molecule has 4 heteroatoms. The summed E-state index contributed by atoms with van der Waals surface area (Å²) < 4.78 is 0. The first-order chi connectivity index (χ1) is 6.24. The van der Waals surface area contributed by atoms with Crippen molar-refractivity contribution in [3.05, 3.63) is 29.3 Å². The van der Waals surface area contributed by atoms with Gasteiger partial charge in [0.25, 0.3) is 6.21 Å². The molecule has 4 nitrogen and oxygen atoms in total. The Bertz CT molecular complexity index is 339. The van der Waals surface area contributed by atoms with E-state index >= 15 is 0 Å². The molecular weight excluding hydrogens is 164 g/mol. The van der Waals surface area contributed by atoms with Gasteiger partial charge in [-0.25, -0.2) is 0 Å². The lowest BCUT2D eigenvalue weighted by Gasteiger charge is -2.05. The molecule has 0 atom stereocenters. The van der Waals surface area contributed by atoms with Gasteiger partial charge in [-0.05, 0) is 30.7 Å². The molecule has 0 aliphatic carbocycles. The number of rotatable bonds is 3. The Kier molecular flexibility index (Phi) is 3.06. The molecule has 0 unspecified atom stereocenters. The normalized spacial score (nSPS) is 9.00. The van der Waals surface area contributed by atoms with Gasteiger partial charge in [0.2, 0.25) is 0 Å². The van der Waals surface area contributed by atoms with Crippen LogP contribution in [0.15, 0.2) is 18.2 Å². The van der Waals surface area contributed by atoms with Crippen molar-refractivity contribution in [2.75, 3.05) is 17.6 Å². The molecule has 0 aromatic heterocycles. The van der Waals surface area contributed by atoms with Crippen LogP contribution in [-0.2, 0) is 0 Å². The quantitative estimate of drug-likeness (QED) is 0.315. The molecule has 13 heavy (non-hydrogen) atoms. The molecule has 0 aliphatic rings. The van der Waals surface area contributed by atoms with Gasteiger partial charge >= 0.3 is 0 Å². The molecule has 0 spiro atoms. The highest BCUT2D eigenvalue weighted by molar-refractivity contribution is 5.63. The third kappa shape index (κ3) is 2.61. The van der Waals surface area contributed by atoms with E-state index in [0.29, 0.717) is 6.54 Å². The number of nitrogens with two attached hydrogens (primary N) is 1. The number of aryl methyl sites for hydroxylation is 1. The van der Waals surface area contributed by atoms with Crippen LogP contribution in [0.3, 0.4) is 0 Å². The van der Waals surface area contributed by atoms with Gasteiger partial charge in [-0.15, -0.1) is 0 Å². The summed E-state index contributed by atoms with van der Waals surface area (Å²) in [4.78, 5) is 2.89. The second-order valence-corrected chi connectivity index (χ2v) is 2.75. The Hall–Kier alpha value is -1.80. The first kappa shape index (κ1) is 9.29. The molecule has 0 saturated heterocycles. The van der Waals surface area contributed by atoms with E-state index in [-0.39, 0.29) is 0 Å². The average molecular weight is 176 g/mol. The third-order valence-electron chi connectivity index (χ3n) is 1.72. The highest BCUT2D eigenvalue weighted by atomic mass is 14.9. The minimum Gasteiger partial charge on any atom is -0.399 e. The second kappa shape index (κ2) is 4.28. The molecule has 1 aromatic carbocycles. The van der Waals surface area contributed by atoms with Crippen molar-refractivity contribution in [1.29, 1.82) is 0 Å². The van der Waals surface area contributed by atoms with E-state index in [2.05, 4.69) is 10.1 Å². The first-order valence-electron chi connectivity index (χ1n) is 4.00.